The van der Waals surface area contributed by atoms with Gasteiger partial charge >= 0.3 is 0 Å². The van der Waals surface area contributed by atoms with Gasteiger partial charge in [-0.05, 0) is 28.1 Å². The summed E-state index contributed by atoms with van der Waals surface area (Å²) in [6.45, 7) is 0.584. The first-order valence-electron chi connectivity index (χ1n) is 4.92. The predicted molar refractivity (Wildman–Crippen MR) is 69.1 cm³/mol. The maximum absolute atomic E-state index is 5.25. The van der Waals surface area contributed by atoms with E-state index in [0.717, 1.165) is 10.2 Å². The van der Waals surface area contributed by atoms with Gasteiger partial charge < -0.3 is 5.32 Å². The molecule has 88 valence electrons. The van der Waals surface area contributed by atoms with Crippen molar-refractivity contribution in [2.75, 3.05) is 10.7 Å². The van der Waals surface area contributed by atoms with Crippen molar-refractivity contribution in [3.8, 4) is 0 Å². The van der Waals surface area contributed by atoms with Gasteiger partial charge in [-0.3, -0.25) is 10.4 Å². The van der Waals surface area contributed by atoms with Gasteiger partial charge in [-0.25, -0.2) is 10.8 Å². The number of pyridine rings is 1. The van der Waals surface area contributed by atoms with Crippen molar-refractivity contribution in [1.29, 1.82) is 0 Å². The molecule has 0 saturated carbocycles. The summed E-state index contributed by atoms with van der Waals surface area (Å²) in [4.78, 5) is 12.3. The molecule has 17 heavy (non-hydrogen) atoms. The molecule has 7 heteroatoms. The van der Waals surface area contributed by atoms with Gasteiger partial charge in [0.1, 0.15) is 5.82 Å². The molecule has 0 radical (unpaired) electrons. The van der Waals surface area contributed by atoms with Crippen molar-refractivity contribution in [2.45, 2.75) is 6.54 Å². The Balaban J connectivity index is 2.08. The van der Waals surface area contributed by atoms with Crippen molar-refractivity contribution in [2.24, 2.45) is 5.84 Å². The summed E-state index contributed by atoms with van der Waals surface area (Å²) in [6.07, 6.45) is 3.38. The Hall–Kier alpha value is -1.73. The molecule has 6 nitrogen and oxygen atoms in total. The van der Waals surface area contributed by atoms with Crippen LogP contribution in [0.4, 0.5) is 11.8 Å². The highest BCUT2D eigenvalue weighted by molar-refractivity contribution is 9.10. The molecular formula is C10H11BrN6. The highest BCUT2D eigenvalue weighted by atomic mass is 79.9. The zero-order chi connectivity index (χ0) is 12.1. The number of hydrogen-bond acceptors (Lipinski definition) is 6. The summed E-state index contributed by atoms with van der Waals surface area (Å²) >= 11 is 3.36. The maximum atomic E-state index is 5.25. The third-order valence-corrected chi connectivity index (χ3v) is 2.62. The van der Waals surface area contributed by atoms with E-state index in [-0.39, 0.29) is 0 Å². The minimum atomic E-state index is 0.358. The van der Waals surface area contributed by atoms with Crippen LogP contribution in [-0.4, -0.2) is 15.0 Å². The number of rotatable bonds is 4. The molecule has 0 aliphatic heterocycles. The smallest absolute Gasteiger partial charge is 0.239 e. The summed E-state index contributed by atoms with van der Waals surface area (Å²) in [5.41, 5.74) is 3.32. The Bertz CT molecular complexity index is 489. The van der Waals surface area contributed by atoms with Gasteiger partial charge in [0.2, 0.25) is 5.95 Å². The second kappa shape index (κ2) is 5.55. The van der Waals surface area contributed by atoms with Crippen LogP contribution in [0.2, 0.25) is 0 Å². The molecule has 0 bridgehead atoms. The van der Waals surface area contributed by atoms with E-state index < -0.39 is 0 Å². The van der Waals surface area contributed by atoms with Gasteiger partial charge in [0.05, 0.1) is 16.7 Å². The normalized spacial score (nSPS) is 10.0. The lowest BCUT2D eigenvalue weighted by Gasteiger charge is -2.08. The zero-order valence-electron chi connectivity index (χ0n) is 8.89. The molecule has 2 aromatic rings. The summed E-state index contributed by atoms with van der Waals surface area (Å²) in [7, 11) is 0. The number of anilines is 2. The molecule has 0 fully saturated rings. The van der Waals surface area contributed by atoms with Gasteiger partial charge in [0.25, 0.3) is 0 Å². The monoisotopic (exact) mass is 294 g/mol. The van der Waals surface area contributed by atoms with Crippen molar-refractivity contribution in [3.05, 3.63) is 40.8 Å². The van der Waals surface area contributed by atoms with E-state index in [9.17, 15) is 0 Å². The number of hydrazine groups is 1. The van der Waals surface area contributed by atoms with E-state index >= 15 is 0 Å². The summed E-state index contributed by atoms with van der Waals surface area (Å²) in [5.74, 6) is 6.27. The molecule has 2 heterocycles. The molecule has 0 unspecified atom stereocenters. The first kappa shape index (κ1) is 11.7. The van der Waals surface area contributed by atoms with Crippen molar-refractivity contribution in [3.63, 3.8) is 0 Å². The Kier molecular flexibility index (Phi) is 3.84. The molecule has 0 spiro atoms. The maximum Gasteiger partial charge on any atom is 0.239 e. The highest BCUT2D eigenvalue weighted by Crippen LogP contribution is 2.20. The third-order valence-electron chi connectivity index (χ3n) is 2.04. The first-order chi connectivity index (χ1) is 8.29. The molecule has 0 aliphatic carbocycles. The Labute approximate surface area is 107 Å². The van der Waals surface area contributed by atoms with Gasteiger partial charge in [-0.15, -0.1) is 0 Å². The van der Waals surface area contributed by atoms with Crippen LogP contribution in [0.15, 0.2) is 35.1 Å². The molecule has 4 N–H and O–H groups in total. The predicted octanol–water partition coefficient (Wildman–Crippen LogP) is 1.53. The number of nitrogens with two attached hydrogens (primary N) is 1. The van der Waals surface area contributed by atoms with Crippen LogP contribution in [0.3, 0.4) is 0 Å². The lowest BCUT2D eigenvalue weighted by atomic mass is 10.3. The third kappa shape index (κ3) is 3.11. The molecule has 2 aromatic heterocycles. The fourth-order valence-electron chi connectivity index (χ4n) is 1.24. The quantitative estimate of drug-likeness (QED) is 0.585. The van der Waals surface area contributed by atoms with Gasteiger partial charge in [-0.1, -0.05) is 6.07 Å². The Morgan fingerprint density at radius 3 is 2.88 bits per heavy atom. The van der Waals surface area contributed by atoms with Crippen molar-refractivity contribution < 1.29 is 0 Å². The van der Waals surface area contributed by atoms with Crippen molar-refractivity contribution >= 4 is 27.7 Å². The topological polar surface area (TPSA) is 88.8 Å². The van der Waals surface area contributed by atoms with E-state index in [2.05, 4.69) is 41.6 Å². The van der Waals surface area contributed by atoms with E-state index in [1.165, 1.54) is 0 Å². The fourth-order valence-corrected chi connectivity index (χ4v) is 1.57. The van der Waals surface area contributed by atoms with Crippen LogP contribution >= 0.6 is 15.9 Å². The standard InChI is InChI=1S/C10H11BrN6/c11-8-6-15-10(17-12)16-9(8)14-5-7-3-1-2-4-13-7/h1-4,6H,5,12H2,(H2,14,15,16,17). The second-order valence-electron chi connectivity index (χ2n) is 3.21. The Morgan fingerprint density at radius 1 is 1.29 bits per heavy atom. The van der Waals surface area contributed by atoms with Crippen LogP contribution in [0.1, 0.15) is 5.69 Å². The second-order valence-corrected chi connectivity index (χ2v) is 4.06. The zero-order valence-corrected chi connectivity index (χ0v) is 10.5. The molecular weight excluding hydrogens is 284 g/mol. The molecule has 0 saturated heterocycles. The fraction of sp³-hybridized carbons (Fsp3) is 0.100. The van der Waals surface area contributed by atoms with E-state index in [1.807, 2.05) is 18.2 Å². The molecule has 2 rings (SSSR count). The lowest BCUT2D eigenvalue weighted by Crippen LogP contribution is -2.12. The van der Waals surface area contributed by atoms with Crippen LogP contribution < -0.4 is 16.6 Å². The minimum Gasteiger partial charge on any atom is -0.363 e. The van der Waals surface area contributed by atoms with Crippen LogP contribution in [0, 0.1) is 0 Å². The summed E-state index contributed by atoms with van der Waals surface area (Å²) in [5, 5.41) is 3.15. The Morgan fingerprint density at radius 2 is 2.18 bits per heavy atom. The van der Waals surface area contributed by atoms with E-state index in [4.69, 9.17) is 5.84 Å². The minimum absolute atomic E-state index is 0.358. The SMILES string of the molecule is NNc1ncc(Br)c(NCc2ccccn2)n1. The number of nitrogens with one attached hydrogen (secondary N) is 2. The van der Waals surface area contributed by atoms with E-state index in [1.54, 1.807) is 12.4 Å². The lowest BCUT2D eigenvalue weighted by molar-refractivity contribution is 1.01. The van der Waals surface area contributed by atoms with Crippen LogP contribution in [0.25, 0.3) is 0 Å². The van der Waals surface area contributed by atoms with E-state index in [0.29, 0.717) is 18.3 Å². The number of nitrogen functional groups attached to an aromatic ring is 1. The first-order valence-corrected chi connectivity index (χ1v) is 5.72. The summed E-state index contributed by atoms with van der Waals surface area (Å²) in [6, 6.07) is 5.75. The van der Waals surface area contributed by atoms with Gasteiger partial charge in [0.15, 0.2) is 0 Å². The summed E-state index contributed by atoms with van der Waals surface area (Å²) < 4.78 is 0.771. The number of hydrogen-bond donors (Lipinski definition) is 3. The highest BCUT2D eigenvalue weighted by Gasteiger charge is 2.04. The molecule has 0 atom stereocenters. The average molecular weight is 295 g/mol. The van der Waals surface area contributed by atoms with Crippen LogP contribution in [0.5, 0.6) is 0 Å². The molecule has 0 aromatic carbocycles. The number of nitrogens with zero attached hydrogens (tertiary/aromatic N) is 3. The number of halogens is 1. The number of aromatic nitrogens is 3. The molecule has 0 aliphatic rings. The average Bonchev–Trinajstić information content (AvgIpc) is 2.39. The van der Waals surface area contributed by atoms with Crippen LogP contribution in [-0.2, 0) is 6.54 Å². The largest absolute Gasteiger partial charge is 0.363 e. The molecule has 0 amide bonds. The van der Waals surface area contributed by atoms with Gasteiger partial charge in [0, 0.05) is 12.4 Å². The van der Waals surface area contributed by atoms with Crippen molar-refractivity contribution in [1.82, 2.24) is 15.0 Å². The van der Waals surface area contributed by atoms with Gasteiger partial charge in [-0.2, -0.15) is 4.98 Å².